The third-order valence-electron chi connectivity index (χ3n) is 4.10. The number of hydrogen-bond acceptors (Lipinski definition) is 2. The molecule has 1 unspecified atom stereocenters. The van der Waals surface area contributed by atoms with Crippen molar-refractivity contribution in [2.24, 2.45) is 5.92 Å². The van der Waals surface area contributed by atoms with Gasteiger partial charge in [0.05, 0.1) is 0 Å². The van der Waals surface area contributed by atoms with Crippen molar-refractivity contribution in [1.82, 2.24) is 5.32 Å². The number of rotatable bonds is 5. The molecule has 0 radical (unpaired) electrons. The van der Waals surface area contributed by atoms with Crippen LogP contribution in [0.25, 0.3) is 0 Å². The molecule has 0 aromatic carbocycles. The van der Waals surface area contributed by atoms with Gasteiger partial charge in [0.25, 0.3) is 0 Å². The predicted molar refractivity (Wildman–Crippen MR) is 74.9 cm³/mol. The van der Waals surface area contributed by atoms with E-state index < -0.39 is 11.5 Å². The van der Waals surface area contributed by atoms with Gasteiger partial charge in [-0.25, -0.2) is 4.79 Å². The fraction of sp³-hybridized carbons (Fsp3) is 0.867. The first-order valence-electron chi connectivity index (χ1n) is 7.55. The van der Waals surface area contributed by atoms with E-state index in [-0.39, 0.29) is 11.8 Å². The highest BCUT2D eigenvalue weighted by Crippen LogP contribution is 2.24. The van der Waals surface area contributed by atoms with E-state index in [2.05, 4.69) is 5.32 Å². The van der Waals surface area contributed by atoms with Gasteiger partial charge in [0.1, 0.15) is 5.54 Å². The summed E-state index contributed by atoms with van der Waals surface area (Å²) < 4.78 is 0. The fourth-order valence-corrected chi connectivity index (χ4v) is 2.82. The Balaban J connectivity index is 2.61. The standard InChI is InChI=1S/C15H27NO3/c1-3-11-15(2,14(18)19)16-13(17)12-9-7-5-4-6-8-10-12/h12H,3-11H2,1-2H3,(H,16,17)(H,18,19). The first kappa shape index (κ1) is 16.0. The number of amides is 1. The van der Waals surface area contributed by atoms with Gasteiger partial charge < -0.3 is 10.4 Å². The summed E-state index contributed by atoms with van der Waals surface area (Å²) in [6, 6.07) is 0. The third kappa shape index (κ3) is 4.84. The lowest BCUT2D eigenvalue weighted by Gasteiger charge is -2.29. The van der Waals surface area contributed by atoms with Crippen molar-refractivity contribution < 1.29 is 14.7 Å². The van der Waals surface area contributed by atoms with Crippen LogP contribution in [0.3, 0.4) is 0 Å². The minimum atomic E-state index is -1.12. The van der Waals surface area contributed by atoms with Crippen LogP contribution in [-0.2, 0) is 9.59 Å². The maximum atomic E-state index is 12.3. The van der Waals surface area contributed by atoms with Gasteiger partial charge in [0.15, 0.2) is 0 Å². The van der Waals surface area contributed by atoms with E-state index in [1.54, 1.807) is 6.92 Å². The van der Waals surface area contributed by atoms with Gasteiger partial charge in [-0.05, 0) is 26.2 Å². The largest absolute Gasteiger partial charge is 0.480 e. The van der Waals surface area contributed by atoms with Crippen LogP contribution in [0.4, 0.5) is 0 Å². The molecule has 4 heteroatoms. The van der Waals surface area contributed by atoms with Crippen LogP contribution in [0.2, 0.25) is 0 Å². The Labute approximate surface area is 116 Å². The quantitative estimate of drug-likeness (QED) is 0.806. The van der Waals surface area contributed by atoms with E-state index in [0.717, 1.165) is 32.1 Å². The lowest BCUT2D eigenvalue weighted by molar-refractivity contribution is -0.148. The second-order valence-corrected chi connectivity index (χ2v) is 5.92. The zero-order valence-corrected chi connectivity index (χ0v) is 12.2. The summed E-state index contributed by atoms with van der Waals surface area (Å²) in [4.78, 5) is 23.6. The lowest BCUT2D eigenvalue weighted by atomic mass is 9.88. The molecule has 1 saturated carbocycles. The molecule has 1 rings (SSSR count). The molecular formula is C15H27NO3. The highest BCUT2D eigenvalue weighted by Gasteiger charge is 2.35. The smallest absolute Gasteiger partial charge is 0.329 e. The Bertz CT molecular complexity index is 309. The molecule has 0 bridgehead atoms. The minimum absolute atomic E-state index is 0.00386. The van der Waals surface area contributed by atoms with Gasteiger partial charge in [0, 0.05) is 5.92 Å². The van der Waals surface area contributed by atoms with Crippen molar-refractivity contribution in [3.05, 3.63) is 0 Å². The zero-order chi connectivity index (χ0) is 14.3. The van der Waals surface area contributed by atoms with Gasteiger partial charge in [-0.2, -0.15) is 0 Å². The second-order valence-electron chi connectivity index (χ2n) is 5.92. The monoisotopic (exact) mass is 269 g/mol. The fourth-order valence-electron chi connectivity index (χ4n) is 2.82. The first-order valence-corrected chi connectivity index (χ1v) is 7.55. The summed E-state index contributed by atoms with van der Waals surface area (Å²) in [6.07, 6.45) is 8.81. The highest BCUT2D eigenvalue weighted by atomic mass is 16.4. The molecule has 4 nitrogen and oxygen atoms in total. The van der Waals surface area contributed by atoms with Gasteiger partial charge >= 0.3 is 5.97 Å². The molecule has 0 saturated heterocycles. The molecule has 19 heavy (non-hydrogen) atoms. The molecule has 0 aromatic rings. The number of hydrogen-bond donors (Lipinski definition) is 2. The Kier molecular flexibility index (Phi) is 6.32. The molecule has 1 atom stereocenters. The van der Waals surface area contributed by atoms with E-state index in [1.807, 2.05) is 6.92 Å². The molecule has 0 aromatic heterocycles. The molecule has 1 aliphatic rings. The minimum Gasteiger partial charge on any atom is -0.480 e. The summed E-state index contributed by atoms with van der Waals surface area (Å²) in [5.74, 6) is -1.01. The van der Waals surface area contributed by atoms with E-state index >= 15 is 0 Å². The maximum absolute atomic E-state index is 12.3. The van der Waals surface area contributed by atoms with Crippen molar-refractivity contribution in [3.63, 3.8) is 0 Å². The van der Waals surface area contributed by atoms with Crippen LogP contribution in [0.1, 0.15) is 71.6 Å². The van der Waals surface area contributed by atoms with Crippen LogP contribution < -0.4 is 5.32 Å². The van der Waals surface area contributed by atoms with Crippen LogP contribution in [0, 0.1) is 5.92 Å². The van der Waals surface area contributed by atoms with E-state index in [9.17, 15) is 14.7 Å². The first-order chi connectivity index (χ1) is 8.99. The maximum Gasteiger partial charge on any atom is 0.329 e. The topological polar surface area (TPSA) is 66.4 Å². The molecule has 1 fully saturated rings. The number of carboxylic acid groups (broad SMARTS) is 1. The van der Waals surface area contributed by atoms with Gasteiger partial charge in [-0.1, -0.05) is 45.4 Å². The van der Waals surface area contributed by atoms with Crippen molar-refractivity contribution in [1.29, 1.82) is 0 Å². The Hall–Kier alpha value is -1.06. The normalized spacial score (nSPS) is 20.9. The van der Waals surface area contributed by atoms with Crippen molar-refractivity contribution in [2.75, 3.05) is 0 Å². The molecule has 0 spiro atoms. The third-order valence-corrected chi connectivity index (χ3v) is 4.10. The molecule has 2 N–H and O–H groups in total. The average Bonchev–Trinajstić information content (AvgIpc) is 2.27. The van der Waals surface area contributed by atoms with Crippen LogP contribution in [0.15, 0.2) is 0 Å². The van der Waals surface area contributed by atoms with Crippen LogP contribution >= 0.6 is 0 Å². The summed E-state index contributed by atoms with van der Waals surface area (Å²) in [7, 11) is 0. The SMILES string of the molecule is CCCC(C)(NC(=O)C1CCCCCCC1)C(=O)O. The second kappa shape index (κ2) is 7.51. The molecular weight excluding hydrogens is 242 g/mol. The Morgan fingerprint density at radius 3 is 2.16 bits per heavy atom. The molecule has 0 heterocycles. The number of aliphatic carboxylic acids is 1. The van der Waals surface area contributed by atoms with Gasteiger partial charge in [-0.15, -0.1) is 0 Å². The molecule has 1 aliphatic carbocycles. The number of carbonyl (C=O) groups excluding carboxylic acids is 1. The number of carboxylic acids is 1. The van der Waals surface area contributed by atoms with E-state index in [1.165, 1.54) is 19.3 Å². The van der Waals surface area contributed by atoms with Crippen molar-refractivity contribution >= 4 is 11.9 Å². The Morgan fingerprint density at radius 1 is 1.16 bits per heavy atom. The lowest BCUT2D eigenvalue weighted by Crippen LogP contribution is -2.53. The van der Waals surface area contributed by atoms with Gasteiger partial charge in [0.2, 0.25) is 5.91 Å². The van der Waals surface area contributed by atoms with Crippen LogP contribution in [-0.4, -0.2) is 22.5 Å². The number of nitrogens with one attached hydrogen (secondary N) is 1. The van der Waals surface area contributed by atoms with Crippen LogP contribution in [0.5, 0.6) is 0 Å². The summed E-state index contributed by atoms with van der Waals surface area (Å²) >= 11 is 0. The summed E-state index contributed by atoms with van der Waals surface area (Å²) in [5.41, 5.74) is -1.12. The summed E-state index contributed by atoms with van der Waals surface area (Å²) in [6.45, 7) is 3.54. The summed E-state index contributed by atoms with van der Waals surface area (Å²) in [5, 5.41) is 12.1. The van der Waals surface area contributed by atoms with Gasteiger partial charge in [-0.3, -0.25) is 4.79 Å². The average molecular weight is 269 g/mol. The van der Waals surface area contributed by atoms with Crippen molar-refractivity contribution in [3.8, 4) is 0 Å². The number of carbonyl (C=O) groups is 2. The molecule has 0 aliphatic heterocycles. The van der Waals surface area contributed by atoms with Crippen molar-refractivity contribution in [2.45, 2.75) is 77.2 Å². The molecule has 1 amide bonds. The van der Waals surface area contributed by atoms with E-state index in [0.29, 0.717) is 6.42 Å². The van der Waals surface area contributed by atoms with E-state index in [4.69, 9.17) is 0 Å². The molecule has 110 valence electrons. The predicted octanol–water partition coefficient (Wildman–Crippen LogP) is 3.11. The Morgan fingerprint density at radius 2 is 1.68 bits per heavy atom. The zero-order valence-electron chi connectivity index (χ0n) is 12.2. The highest BCUT2D eigenvalue weighted by molar-refractivity contribution is 5.87.